The molecule has 1 unspecified atom stereocenters. The van der Waals surface area contributed by atoms with Crippen molar-refractivity contribution >= 4 is 17.0 Å². The smallest absolute Gasteiger partial charge is 0.0342 e. The van der Waals surface area contributed by atoms with Crippen LogP contribution in [0.2, 0.25) is 0 Å². The SMILES string of the molecule is Br.CCCCCCCCCCCCN(C)C(CC)c1ccccc1. The Labute approximate surface area is 162 Å². The van der Waals surface area contributed by atoms with Gasteiger partial charge in [-0.3, -0.25) is 4.90 Å². The molecular formula is C22H40BrN. The van der Waals surface area contributed by atoms with Gasteiger partial charge in [-0.1, -0.05) is 102 Å². The summed E-state index contributed by atoms with van der Waals surface area (Å²) in [6.45, 7) is 5.81. The fourth-order valence-corrected chi connectivity index (χ4v) is 3.48. The Balaban J connectivity index is 0.00000529. The first-order valence-electron chi connectivity index (χ1n) is 10.0. The molecule has 0 bridgehead atoms. The van der Waals surface area contributed by atoms with Gasteiger partial charge < -0.3 is 0 Å². The molecule has 0 saturated heterocycles. The van der Waals surface area contributed by atoms with E-state index in [2.05, 4.69) is 56.1 Å². The lowest BCUT2D eigenvalue weighted by atomic mass is 10.0. The minimum absolute atomic E-state index is 0. The Kier molecular flexibility index (Phi) is 15.9. The largest absolute Gasteiger partial charge is 0.299 e. The molecule has 1 aromatic carbocycles. The lowest BCUT2D eigenvalue weighted by Gasteiger charge is -2.27. The number of rotatable bonds is 14. The summed E-state index contributed by atoms with van der Waals surface area (Å²) in [5, 5.41) is 0. The normalized spacial score (nSPS) is 12.2. The molecule has 0 heterocycles. The topological polar surface area (TPSA) is 3.24 Å². The van der Waals surface area contributed by atoms with Gasteiger partial charge in [-0.25, -0.2) is 0 Å². The Bertz CT molecular complexity index is 365. The van der Waals surface area contributed by atoms with Gasteiger partial charge in [0.15, 0.2) is 0 Å². The van der Waals surface area contributed by atoms with Crippen molar-refractivity contribution in [1.29, 1.82) is 0 Å². The number of halogens is 1. The third-order valence-electron chi connectivity index (χ3n) is 4.97. The lowest BCUT2D eigenvalue weighted by molar-refractivity contribution is 0.233. The lowest BCUT2D eigenvalue weighted by Crippen LogP contribution is -2.25. The Hall–Kier alpha value is -0.340. The van der Waals surface area contributed by atoms with Crippen LogP contribution >= 0.6 is 17.0 Å². The first kappa shape index (κ1) is 23.7. The molecule has 0 saturated carbocycles. The van der Waals surface area contributed by atoms with Crippen LogP contribution in [0.4, 0.5) is 0 Å². The molecule has 0 spiro atoms. The Morgan fingerprint density at radius 3 is 1.75 bits per heavy atom. The summed E-state index contributed by atoms with van der Waals surface area (Å²) in [7, 11) is 2.29. The second kappa shape index (κ2) is 16.1. The zero-order valence-electron chi connectivity index (χ0n) is 16.3. The molecule has 0 amide bonds. The number of benzene rings is 1. The van der Waals surface area contributed by atoms with E-state index in [4.69, 9.17) is 0 Å². The second-order valence-electron chi connectivity index (χ2n) is 7.00. The van der Waals surface area contributed by atoms with Gasteiger partial charge in [0.1, 0.15) is 0 Å². The molecule has 1 atom stereocenters. The molecule has 0 aliphatic rings. The van der Waals surface area contributed by atoms with Gasteiger partial charge >= 0.3 is 0 Å². The van der Waals surface area contributed by atoms with Crippen molar-refractivity contribution < 1.29 is 0 Å². The van der Waals surface area contributed by atoms with E-state index in [0.717, 1.165) is 0 Å². The first-order valence-corrected chi connectivity index (χ1v) is 10.0. The van der Waals surface area contributed by atoms with Crippen LogP contribution in [0.15, 0.2) is 30.3 Å². The van der Waals surface area contributed by atoms with Crippen molar-refractivity contribution in [2.75, 3.05) is 13.6 Å². The van der Waals surface area contributed by atoms with E-state index in [-0.39, 0.29) is 17.0 Å². The standard InChI is InChI=1S/C22H39N.BrH/c1-4-6-7-8-9-10-11-12-13-17-20-23(3)22(5-2)21-18-15-14-16-19-21;/h14-16,18-19,22H,4-13,17,20H2,1-3H3;1H. The summed E-state index contributed by atoms with van der Waals surface area (Å²) in [6, 6.07) is 11.5. The third kappa shape index (κ3) is 10.5. The quantitative estimate of drug-likeness (QED) is 0.292. The highest BCUT2D eigenvalue weighted by atomic mass is 79.9. The highest BCUT2D eigenvalue weighted by molar-refractivity contribution is 8.93. The fraction of sp³-hybridized carbons (Fsp3) is 0.727. The summed E-state index contributed by atoms with van der Waals surface area (Å²) in [5.41, 5.74) is 1.46. The predicted octanol–water partition coefficient (Wildman–Crippen LogP) is 7.57. The molecule has 0 aromatic heterocycles. The maximum atomic E-state index is 2.54. The molecule has 2 heteroatoms. The van der Waals surface area contributed by atoms with E-state index in [9.17, 15) is 0 Å². The van der Waals surface area contributed by atoms with Crippen LogP contribution in [0, 0.1) is 0 Å². The Morgan fingerprint density at radius 1 is 0.750 bits per heavy atom. The molecule has 0 fully saturated rings. The average Bonchev–Trinajstić information content (AvgIpc) is 2.58. The molecule has 1 nitrogen and oxygen atoms in total. The van der Waals surface area contributed by atoms with E-state index in [0.29, 0.717) is 6.04 Å². The van der Waals surface area contributed by atoms with E-state index in [1.165, 1.54) is 82.7 Å². The van der Waals surface area contributed by atoms with Crippen LogP contribution in [0.1, 0.15) is 96.1 Å². The van der Waals surface area contributed by atoms with Crippen LogP contribution < -0.4 is 0 Å². The molecule has 24 heavy (non-hydrogen) atoms. The zero-order valence-corrected chi connectivity index (χ0v) is 18.0. The highest BCUT2D eigenvalue weighted by Gasteiger charge is 2.13. The fourth-order valence-electron chi connectivity index (χ4n) is 3.48. The third-order valence-corrected chi connectivity index (χ3v) is 4.97. The summed E-state index contributed by atoms with van der Waals surface area (Å²) < 4.78 is 0. The number of unbranched alkanes of at least 4 members (excludes halogenated alkanes) is 9. The van der Waals surface area contributed by atoms with E-state index in [1.807, 2.05) is 0 Å². The molecule has 1 aromatic rings. The van der Waals surface area contributed by atoms with Crippen molar-refractivity contribution in [2.24, 2.45) is 0 Å². The molecule has 140 valence electrons. The zero-order chi connectivity index (χ0) is 16.8. The summed E-state index contributed by atoms with van der Waals surface area (Å²) in [4.78, 5) is 2.54. The van der Waals surface area contributed by atoms with E-state index < -0.39 is 0 Å². The van der Waals surface area contributed by atoms with Crippen LogP contribution in [-0.2, 0) is 0 Å². The number of nitrogens with zero attached hydrogens (tertiary/aromatic N) is 1. The van der Waals surface area contributed by atoms with Crippen molar-refractivity contribution in [3.8, 4) is 0 Å². The van der Waals surface area contributed by atoms with Crippen LogP contribution in [0.25, 0.3) is 0 Å². The van der Waals surface area contributed by atoms with Gasteiger partial charge in [0, 0.05) is 6.04 Å². The minimum Gasteiger partial charge on any atom is -0.299 e. The number of hydrogen-bond acceptors (Lipinski definition) is 1. The second-order valence-corrected chi connectivity index (χ2v) is 7.00. The summed E-state index contributed by atoms with van der Waals surface area (Å²) >= 11 is 0. The van der Waals surface area contributed by atoms with Gasteiger partial charge in [0.25, 0.3) is 0 Å². The molecular weight excluding hydrogens is 358 g/mol. The maximum absolute atomic E-state index is 2.54. The first-order chi connectivity index (χ1) is 11.3. The molecule has 0 radical (unpaired) electrons. The number of hydrogen-bond donors (Lipinski definition) is 0. The van der Waals surface area contributed by atoms with Crippen LogP contribution in [0.5, 0.6) is 0 Å². The van der Waals surface area contributed by atoms with E-state index in [1.54, 1.807) is 0 Å². The molecule has 0 aliphatic heterocycles. The summed E-state index contributed by atoms with van der Waals surface area (Å²) in [5.74, 6) is 0. The monoisotopic (exact) mass is 397 g/mol. The maximum Gasteiger partial charge on any atom is 0.0342 e. The highest BCUT2D eigenvalue weighted by Crippen LogP contribution is 2.23. The average molecular weight is 398 g/mol. The summed E-state index contributed by atoms with van der Waals surface area (Å²) in [6.07, 6.45) is 15.4. The van der Waals surface area contributed by atoms with Gasteiger partial charge in [-0.2, -0.15) is 0 Å². The van der Waals surface area contributed by atoms with Gasteiger partial charge in [0.05, 0.1) is 0 Å². The van der Waals surface area contributed by atoms with Crippen LogP contribution in [0.3, 0.4) is 0 Å². The van der Waals surface area contributed by atoms with E-state index >= 15 is 0 Å². The molecule has 1 rings (SSSR count). The Morgan fingerprint density at radius 2 is 1.25 bits per heavy atom. The van der Waals surface area contributed by atoms with Gasteiger partial charge in [-0.05, 0) is 32.0 Å². The van der Waals surface area contributed by atoms with Crippen LogP contribution in [-0.4, -0.2) is 18.5 Å². The predicted molar refractivity (Wildman–Crippen MR) is 114 cm³/mol. The van der Waals surface area contributed by atoms with Gasteiger partial charge in [0.2, 0.25) is 0 Å². The van der Waals surface area contributed by atoms with Crippen molar-refractivity contribution in [2.45, 2.75) is 90.5 Å². The van der Waals surface area contributed by atoms with Crippen molar-refractivity contribution in [3.63, 3.8) is 0 Å². The minimum atomic E-state index is 0. The van der Waals surface area contributed by atoms with Crippen molar-refractivity contribution in [3.05, 3.63) is 35.9 Å². The molecule has 0 N–H and O–H groups in total. The molecule has 0 aliphatic carbocycles. The van der Waals surface area contributed by atoms with Crippen molar-refractivity contribution in [1.82, 2.24) is 4.90 Å². The van der Waals surface area contributed by atoms with Gasteiger partial charge in [-0.15, -0.1) is 17.0 Å².